The third-order valence-corrected chi connectivity index (χ3v) is 3.64. The number of nitrogens with zero attached hydrogens (tertiary/aromatic N) is 1. The van der Waals surface area contributed by atoms with Crippen molar-refractivity contribution in [2.75, 3.05) is 20.7 Å². The molecule has 0 aliphatic carbocycles. The van der Waals surface area contributed by atoms with E-state index < -0.39 is 11.9 Å². The van der Waals surface area contributed by atoms with Gasteiger partial charge in [-0.25, -0.2) is 0 Å². The van der Waals surface area contributed by atoms with Gasteiger partial charge in [-0.1, -0.05) is 12.7 Å². The first kappa shape index (κ1) is 20.1. The van der Waals surface area contributed by atoms with E-state index in [-0.39, 0.29) is 36.5 Å². The quantitative estimate of drug-likeness (QED) is 0.508. The first-order valence-electron chi connectivity index (χ1n) is 7.75. The zero-order valence-electron chi connectivity index (χ0n) is 14.4. The Bertz CT molecular complexity index is 657. The molecule has 0 aromatic heterocycles. The van der Waals surface area contributed by atoms with Gasteiger partial charge in [-0.15, -0.1) is 0 Å². The summed E-state index contributed by atoms with van der Waals surface area (Å²) in [5.41, 5.74) is 0.313. The van der Waals surface area contributed by atoms with Crippen LogP contribution in [0, 0.1) is 0 Å². The topological polar surface area (TPSA) is 92.8 Å². The fraction of sp³-hybridized carbons (Fsp3) is 0.333. The molecule has 0 spiro atoms. The standard InChI is InChI=1S/C18H22N2O5/c1-4-10-25-14-8-7-13(12-22)15(11-14)18(24)20(3)16(6-5-9-21)17(23)19-2/h4,7-9,11-12,16H,1,5-6,10H2,2-3H3,(H,19,23). The van der Waals surface area contributed by atoms with Gasteiger partial charge in [0.2, 0.25) is 5.91 Å². The van der Waals surface area contributed by atoms with Crippen LogP contribution in [0.1, 0.15) is 33.6 Å². The molecule has 0 bridgehead atoms. The van der Waals surface area contributed by atoms with Crippen LogP contribution in [0.3, 0.4) is 0 Å². The van der Waals surface area contributed by atoms with Crippen molar-refractivity contribution in [1.82, 2.24) is 10.2 Å². The largest absolute Gasteiger partial charge is 0.490 e. The second-order valence-electron chi connectivity index (χ2n) is 5.26. The van der Waals surface area contributed by atoms with Crippen LogP contribution in [0.15, 0.2) is 30.9 Å². The van der Waals surface area contributed by atoms with E-state index in [0.717, 1.165) is 0 Å². The molecule has 0 saturated carbocycles. The lowest BCUT2D eigenvalue weighted by Gasteiger charge is -2.27. The minimum Gasteiger partial charge on any atom is -0.490 e. The number of carbonyl (C=O) groups is 4. The summed E-state index contributed by atoms with van der Waals surface area (Å²) in [7, 11) is 2.91. The van der Waals surface area contributed by atoms with Crippen LogP contribution in [0.5, 0.6) is 5.75 Å². The third kappa shape index (κ3) is 5.27. The predicted molar refractivity (Wildman–Crippen MR) is 92.8 cm³/mol. The van der Waals surface area contributed by atoms with Crippen molar-refractivity contribution in [1.29, 1.82) is 0 Å². The summed E-state index contributed by atoms with van der Waals surface area (Å²) in [6.45, 7) is 3.80. The van der Waals surface area contributed by atoms with Crippen LogP contribution in [0.25, 0.3) is 0 Å². The lowest BCUT2D eigenvalue weighted by atomic mass is 10.0. The number of likely N-dealkylation sites (N-methyl/N-ethyl adjacent to an activating group) is 2. The number of amides is 2. The summed E-state index contributed by atoms with van der Waals surface area (Å²) in [6.07, 6.45) is 3.14. The van der Waals surface area contributed by atoms with Gasteiger partial charge in [-0.2, -0.15) is 0 Å². The van der Waals surface area contributed by atoms with E-state index in [0.29, 0.717) is 18.3 Å². The molecule has 1 unspecified atom stereocenters. The fourth-order valence-corrected chi connectivity index (χ4v) is 2.29. The number of ether oxygens (including phenoxy) is 1. The first-order chi connectivity index (χ1) is 12.0. The Morgan fingerprint density at radius 2 is 2.08 bits per heavy atom. The zero-order valence-corrected chi connectivity index (χ0v) is 14.4. The summed E-state index contributed by atoms with van der Waals surface area (Å²) in [5.74, 6) is -0.485. The fourth-order valence-electron chi connectivity index (χ4n) is 2.29. The highest BCUT2D eigenvalue weighted by atomic mass is 16.5. The molecule has 1 N–H and O–H groups in total. The molecule has 0 aliphatic heterocycles. The number of hydrogen-bond acceptors (Lipinski definition) is 5. The number of rotatable bonds is 10. The summed E-state index contributed by atoms with van der Waals surface area (Å²) >= 11 is 0. The van der Waals surface area contributed by atoms with Gasteiger partial charge in [-0.05, 0) is 24.6 Å². The molecular weight excluding hydrogens is 324 g/mol. The van der Waals surface area contributed by atoms with Gasteiger partial charge < -0.3 is 19.7 Å². The summed E-state index contributed by atoms with van der Waals surface area (Å²) in [5, 5.41) is 2.48. The third-order valence-electron chi connectivity index (χ3n) is 3.64. The Hall–Kier alpha value is -2.96. The van der Waals surface area contributed by atoms with Gasteiger partial charge >= 0.3 is 0 Å². The number of hydrogen-bond donors (Lipinski definition) is 1. The van der Waals surface area contributed by atoms with Crippen molar-refractivity contribution in [2.24, 2.45) is 0 Å². The summed E-state index contributed by atoms with van der Waals surface area (Å²) in [4.78, 5) is 47.9. The maximum absolute atomic E-state index is 12.8. The van der Waals surface area contributed by atoms with Crippen LogP contribution in [-0.4, -0.2) is 56.0 Å². The van der Waals surface area contributed by atoms with Crippen LogP contribution in [-0.2, 0) is 9.59 Å². The second-order valence-corrected chi connectivity index (χ2v) is 5.26. The van der Waals surface area contributed by atoms with E-state index in [1.54, 1.807) is 12.1 Å². The van der Waals surface area contributed by atoms with E-state index in [4.69, 9.17) is 4.74 Å². The van der Waals surface area contributed by atoms with Crippen molar-refractivity contribution >= 4 is 24.4 Å². The van der Waals surface area contributed by atoms with E-state index in [1.807, 2.05) is 0 Å². The summed E-state index contributed by atoms with van der Waals surface area (Å²) < 4.78 is 5.39. The summed E-state index contributed by atoms with van der Waals surface area (Å²) in [6, 6.07) is 3.69. The minimum absolute atomic E-state index is 0.124. The lowest BCUT2D eigenvalue weighted by Crippen LogP contribution is -2.47. The number of carbonyl (C=O) groups excluding carboxylic acids is 4. The molecule has 7 nitrogen and oxygen atoms in total. The van der Waals surface area contributed by atoms with Crippen LogP contribution in [0.2, 0.25) is 0 Å². The maximum atomic E-state index is 12.8. The normalized spacial score (nSPS) is 11.1. The Balaban J connectivity index is 3.16. The van der Waals surface area contributed by atoms with Crippen molar-refractivity contribution in [3.8, 4) is 5.75 Å². The number of aldehydes is 2. The predicted octanol–water partition coefficient (Wildman–Crippen LogP) is 1.23. The van der Waals surface area contributed by atoms with Gasteiger partial charge in [0, 0.05) is 26.1 Å². The average Bonchev–Trinajstić information content (AvgIpc) is 2.65. The second kappa shape index (κ2) is 10.0. The molecule has 2 amide bonds. The van der Waals surface area contributed by atoms with E-state index in [9.17, 15) is 19.2 Å². The van der Waals surface area contributed by atoms with Gasteiger partial charge in [0.05, 0.1) is 5.56 Å². The average molecular weight is 346 g/mol. The lowest BCUT2D eigenvalue weighted by molar-refractivity contribution is -0.125. The van der Waals surface area contributed by atoms with Crippen LogP contribution >= 0.6 is 0 Å². The maximum Gasteiger partial charge on any atom is 0.255 e. The first-order valence-corrected chi connectivity index (χ1v) is 7.75. The zero-order chi connectivity index (χ0) is 18.8. The molecule has 0 heterocycles. The molecule has 7 heteroatoms. The Morgan fingerprint density at radius 1 is 1.36 bits per heavy atom. The van der Waals surface area contributed by atoms with E-state index in [2.05, 4.69) is 11.9 Å². The number of nitrogens with one attached hydrogen (secondary N) is 1. The minimum atomic E-state index is -0.819. The van der Waals surface area contributed by atoms with Gasteiger partial charge in [0.25, 0.3) is 5.91 Å². The molecule has 1 aromatic carbocycles. The van der Waals surface area contributed by atoms with Gasteiger partial charge in [0.1, 0.15) is 24.7 Å². The molecule has 25 heavy (non-hydrogen) atoms. The molecule has 134 valence electrons. The molecule has 1 aromatic rings. The van der Waals surface area contributed by atoms with Crippen molar-refractivity contribution in [3.63, 3.8) is 0 Å². The Kier molecular flexibility index (Phi) is 8.05. The van der Waals surface area contributed by atoms with Crippen molar-refractivity contribution in [2.45, 2.75) is 18.9 Å². The van der Waals surface area contributed by atoms with Gasteiger partial charge in [-0.3, -0.25) is 14.4 Å². The van der Waals surface area contributed by atoms with Crippen LogP contribution in [0.4, 0.5) is 0 Å². The molecule has 0 aliphatic rings. The van der Waals surface area contributed by atoms with Gasteiger partial charge in [0.15, 0.2) is 6.29 Å². The molecule has 0 saturated heterocycles. The highest BCUT2D eigenvalue weighted by molar-refractivity contribution is 6.03. The monoisotopic (exact) mass is 346 g/mol. The molecule has 1 atom stereocenters. The molecule has 0 fully saturated rings. The number of benzene rings is 1. The Labute approximate surface area is 146 Å². The highest BCUT2D eigenvalue weighted by Gasteiger charge is 2.28. The molecule has 0 radical (unpaired) electrons. The van der Waals surface area contributed by atoms with Crippen molar-refractivity contribution < 1.29 is 23.9 Å². The van der Waals surface area contributed by atoms with Crippen molar-refractivity contribution in [3.05, 3.63) is 42.0 Å². The van der Waals surface area contributed by atoms with Crippen LogP contribution < -0.4 is 10.1 Å². The Morgan fingerprint density at radius 3 is 2.64 bits per heavy atom. The molecular formula is C18H22N2O5. The molecule has 1 rings (SSSR count). The highest BCUT2D eigenvalue weighted by Crippen LogP contribution is 2.20. The van der Waals surface area contributed by atoms with E-state index in [1.165, 1.54) is 31.1 Å². The SMILES string of the molecule is C=CCOc1ccc(C=O)c(C(=O)N(C)C(CCC=O)C(=O)NC)c1. The smallest absolute Gasteiger partial charge is 0.255 e. The van der Waals surface area contributed by atoms with E-state index >= 15 is 0 Å².